The van der Waals surface area contributed by atoms with Gasteiger partial charge in [0.05, 0.1) is 13.2 Å². The molecule has 2 atom stereocenters. The molecule has 5 nitrogen and oxygen atoms in total. The minimum atomic E-state index is -0.196. The second-order valence-corrected chi connectivity index (χ2v) is 9.12. The van der Waals surface area contributed by atoms with E-state index in [9.17, 15) is 9.59 Å². The van der Waals surface area contributed by atoms with Gasteiger partial charge in [-0.2, -0.15) is 0 Å². The van der Waals surface area contributed by atoms with E-state index in [1.54, 1.807) is 19.2 Å². The molecule has 0 fully saturated rings. The molecule has 35 heavy (non-hydrogen) atoms. The third-order valence-electron chi connectivity index (χ3n) is 6.73. The zero-order chi connectivity index (χ0) is 24.8. The van der Waals surface area contributed by atoms with Crippen LogP contribution in [0.1, 0.15) is 67.9 Å². The molecule has 0 saturated heterocycles. The molecule has 5 heteroatoms. The van der Waals surface area contributed by atoms with Gasteiger partial charge in [-0.1, -0.05) is 56.2 Å². The highest BCUT2D eigenvalue weighted by Crippen LogP contribution is 2.43. The largest absolute Gasteiger partial charge is 0.497 e. The monoisotopic (exact) mass is 470 g/mol. The number of rotatable bonds is 8. The van der Waals surface area contributed by atoms with Crippen LogP contribution in [-0.2, 0) is 4.79 Å². The number of nitrogens with zero attached hydrogens (tertiary/aromatic N) is 2. The van der Waals surface area contributed by atoms with Crippen molar-refractivity contribution in [2.45, 2.75) is 58.0 Å². The van der Waals surface area contributed by atoms with Crippen molar-refractivity contribution < 1.29 is 14.3 Å². The molecule has 0 unspecified atom stereocenters. The Morgan fingerprint density at radius 1 is 0.943 bits per heavy atom. The van der Waals surface area contributed by atoms with Crippen LogP contribution in [0.3, 0.4) is 0 Å². The fourth-order valence-electron chi connectivity index (χ4n) is 4.95. The standard InChI is InChI=1S/C30H34N2O3/c1-4-5-7-16-29(33)31-22(2)21-28(26-14-10-11-15-27(26)31)32(24-12-8-6-9-13-24)30(34)23-17-19-25(35-3)20-18-23/h6,8-15,17-20,22,28H,4-5,7,16,21H2,1-3H3/t22-,28+/m0/s1. The number of unbranched alkanes of at least 4 members (excludes halogenated alkanes) is 2. The lowest BCUT2D eigenvalue weighted by molar-refractivity contribution is -0.119. The summed E-state index contributed by atoms with van der Waals surface area (Å²) in [6, 6.07) is 24.8. The average molecular weight is 471 g/mol. The molecule has 3 aromatic rings. The second-order valence-electron chi connectivity index (χ2n) is 9.12. The maximum Gasteiger partial charge on any atom is 0.258 e. The number of carbonyl (C=O) groups is 2. The minimum absolute atomic E-state index is 0.0288. The predicted octanol–water partition coefficient (Wildman–Crippen LogP) is 6.79. The SMILES string of the molecule is CCCCCC(=O)N1c2ccccc2[C@H](N(C(=O)c2ccc(OC)cc2)c2ccccc2)C[C@@H]1C. The van der Waals surface area contributed by atoms with Crippen LogP contribution >= 0.6 is 0 Å². The van der Waals surface area contributed by atoms with Crippen molar-refractivity contribution in [3.8, 4) is 5.75 Å². The summed E-state index contributed by atoms with van der Waals surface area (Å²) in [5.41, 5.74) is 3.34. The van der Waals surface area contributed by atoms with Crippen LogP contribution in [0.2, 0.25) is 0 Å². The van der Waals surface area contributed by atoms with Crippen molar-refractivity contribution in [3.05, 3.63) is 90.0 Å². The predicted molar refractivity (Wildman–Crippen MR) is 141 cm³/mol. The summed E-state index contributed by atoms with van der Waals surface area (Å²) in [4.78, 5) is 31.0. The quantitative estimate of drug-likeness (QED) is 0.341. The van der Waals surface area contributed by atoms with Crippen molar-refractivity contribution in [1.29, 1.82) is 0 Å². The number of anilines is 2. The zero-order valence-corrected chi connectivity index (χ0v) is 20.8. The summed E-state index contributed by atoms with van der Waals surface area (Å²) in [5.74, 6) is 0.792. The van der Waals surface area contributed by atoms with Gasteiger partial charge in [0.15, 0.2) is 0 Å². The van der Waals surface area contributed by atoms with Crippen LogP contribution in [0.4, 0.5) is 11.4 Å². The molecule has 0 saturated carbocycles. The number of amides is 2. The highest BCUT2D eigenvalue weighted by atomic mass is 16.5. The third kappa shape index (κ3) is 5.24. The Kier molecular flexibility index (Phi) is 7.86. The molecule has 0 spiro atoms. The second kappa shape index (κ2) is 11.2. The van der Waals surface area contributed by atoms with Gasteiger partial charge in [-0.25, -0.2) is 0 Å². The first-order valence-electron chi connectivity index (χ1n) is 12.5. The van der Waals surface area contributed by atoms with Gasteiger partial charge in [0, 0.05) is 29.4 Å². The fraction of sp³-hybridized carbons (Fsp3) is 0.333. The Hall–Kier alpha value is -3.60. The number of para-hydroxylation sites is 2. The Balaban J connectivity index is 1.74. The molecule has 2 amide bonds. The average Bonchev–Trinajstić information content (AvgIpc) is 2.89. The minimum Gasteiger partial charge on any atom is -0.497 e. The number of hydrogen-bond donors (Lipinski definition) is 0. The highest BCUT2D eigenvalue weighted by Gasteiger charge is 2.38. The van der Waals surface area contributed by atoms with Crippen LogP contribution in [0.5, 0.6) is 5.75 Å². The van der Waals surface area contributed by atoms with Gasteiger partial charge in [-0.15, -0.1) is 0 Å². The van der Waals surface area contributed by atoms with E-state index < -0.39 is 0 Å². The lowest BCUT2D eigenvalue weighted by Gasteiger charge is -2.43. The lowest BCUT2D eigenvalue weighted by Crippen LogP contribution is -2.47. The van der Waals surface area contributed by atoms with Gasteiger partial charge in [0.2, 0.25) is 5.91 Å². The maximum absolute atomic E-state index is 14.0. The van der Waals surface area contributed by atoms with Crippen molar-refractivity contribution in [3.63, 3.8) is 0 Å². The molecule has 0 aromatic heterocycles. The van der Waals surface area contributed by atoms with E-state index in [1.165, 1.54) is 0 Å². The van der Waals surface area contributed by atoms with Crippen molar-refractivity contribution in [1.82, 2.24) is 0 Å². The summed E-state index contributed by atoms with van der Waals surface area (Å²) < 4.78 is 5.28. The molecular formula is C30H34N2O3. The van der Waals surface area contributed by atoms with Crippen LogP contribution in [0.15, 0.2) is 78.9 Å². The van der Waals surface area contributed by atoms with E-state index in [-0.39, 0.29) is 23.9 Å². The third-order valence-corrected chi connectivity index (χ3v) is 6.73. The zero-order valence-electron chi connectivity index (χ0n) is 20.8. The number of ether oxygens (including phenoxy) is 1. The summed E-state index contributed by atoms with van der Waals surface area (Å²) in [6.45, 7) is 4.23. The maximum atomic E-state index is 14.0. The summed E-state index contributed by atoms with van der Waals surface area (Å²) in [6.07, 6.45) is 4.24. The molecule has 0 radical (unpaired) electrons. The molecule has 1 aliphatic heterocycles. The van der Waals surface area contributed by atoms with Gasteiger partial charge in [-0.3, -0.25) is 9.59 Å². The van der Waals surface area contributed by atoms with Gasteiger partial charge in [-0.05, 0) is 67.8 Å². The van der Waals surface area contributed by atoms with Gasteiger partial charge >= 0.3 is 0 Å². The molecule has 0 aliphatic carbocycles. The Labute approximate surface area is 208 Å². The molecule has 0 bridgehead atoms. The fourth-order valence-corrected chi connectivity index (χ4v) is 4.95. The van der Waals surface area contributed by atoms with Crippen molar-refractivity contribution in [2.75, 3.05) is 16.9 Å². The molecule has 182 valence electrons. The summed E-state index contributed by atoms with van der Waals surface area (Å²) in [7, 11) is 1.61. The van der Waals surface area contributed by atoms with Crippen molar-refractivity contribution in [2.24, 2.45) is 0 Å². The van der Waals surface area contributed by atoms with E-state index in [0.29, 0.717) is 24.2 Å². The van der Waals surface area contributed by atoms with E-state index in [2.05, 4.69) is 19.9 Å². The Morgan fingerprint density at radius 3 is 2.31 bits per heavy atom. The van der Waals surface area contributed by atoms with E-state index in [1.807, 2.05) is 70.5 Å². The topological polar surface area (TPSA) is 49.9 Å². The summed E-state index contributed by atoms with van der Waals surface area (Å²) in [5, 5.41) is 0. The normalized spacial score (nSPS) is 16.9. The molecule has 0 N–H and O–H groups in total. The number of hydrogen-bond acceptors (Lipinski definition) is 3. The van der Waals surface area contributed by atoms with Crippen LogP contribution in [0, 0.1) is 0 Å². The smallest absolute Gasteiger partial charge is 0.258 e. The molecule has 3 aromatic carbocycles. The van der Waals surface area contributed by atoms with Crippen LogP contribution < -0.4 is 14.5 Å². The first-order valence-corrected chi connectivity index (χ1v) is 12.5. The number of benzene rings is 3. The van der Waals surface area contributed by atoms with E-state index in [4.69, 9.17) is 4.74 Å². The summed E-state index contributed by atoms with van der Waals surface area (Å²) >= 11 is 0. The first-order chi connectivity index (χ1) is 17.0. The van der Waals surface area contributed by atoms with Gasteiger partial charge < -0.3 is 14.5 Å². The number of methoxy groups -OCH3 is 1. The first kappa shape index (κ1) is 24.5. The Bertz CT molecular complexity index is 1140. The van der Waals surface area contributed by atoms with Gasteiger partial charge in [0.1, 0.15) is 5.75 Å². The van der Waals surface area contributed by atoms with Crippen LogP contribution in [-0.4, -0.2) is 25.0 Å². The molecule has 1 aliphatic rings. The Morgan fingerprint density at radius 2 is 1.63 bits per heavy atom. The molecule has 1 heterocycles. The highest BCUT2D eigenvalue weighted by molar-refractivity contribution is 6.07. The molecular weight excluding hydrogens is 436 g/mol. The van der Waals surface area contributed by atoms with Crippen molar-refractivity contribution >= 4 is 23.2 Å². The van der Waals surface area contributed by atoms with Crippen LogP contribution in [0.25, 0.3) is 0 Å². The lowest BCUT2D eigenvalue weighted by atomic mass is 9.89. The molecule has 4 rings (SSSR count). The number of carbonyl (C=O) groups excluding carboxylic acids is 2. The number of fused-ring (bicyclic) bond motifs is 1. The van der Waals surface area contributed by atoms with Gasteiger partial charge in [0.25, 0.3) is 5.91 Å². The van der Waals surface area contributed by atoms with E-state index >= 15 is 0 Å². The van der Waals surface area contributed by atoms with E-state index in [0.717, 1.165) is 36.2 Å².